The summed E-state index contributed by atoms with van der Waals surface area (Å²) in [7, 11) is 4.01. The Balaban J connectivity index is 1.55. The summed E-state index contributed by atoms with van der Waals surface area (Å²) in [5.41, 5.74) is 6.87. The third-order valence-electron chi connectivity index (χ3n) is 4.37. The fourth-order valence-electron chi connectivity index (χ4n) is 2.79. The van der Waals surface area contributed by atoms with Crippen LogP contribution in [0.5, 0.6) is 5.75 Å². The van der Waals surface area contributed by atoms with Gasteiger partial charge in [-0.1, -0.05) is 0 Å². The zero-order chi connectivity index (χ0) is 17.6. The SMILES string of the molecule is Cn1cc[n+](C)c1COc1ccc(/C=N/N=C(N)N2CCCC2)cc1. The van der Waals surface area contributed by atoms with Gasteiger partial charge in [0, 0.05) is 13.1 Å². The molecule has 0 saturated carbocycles. The van der Waals surface area contributed by atoms with Crippen molar-refractivity contribution in [2.45, 2.75) is 19.4 Å². The molecule has 1 fully saturated rings. The average molecular weight is 341 g/mol. The molecule has 1 aliphatic heterocycles. The van der Waals surface area contributed by atoms with Crippen LogP contribution in [0.1, 0.15) is 24.2 Å². The molecule has 2 heterocycles. The number of hydrogen-bond donors (Lipinski definition) is 1. The number of hydrogen-bond acceptors (Lipinski definition) is 3. The zero-order valence-corrected chi connectivity index (χ0v) is 14.8. The first-order valence-corrected chi connectivity index (χ1v) is 8.47. The van der Waals surface area contributed by atoms with E-state index in [0.29, 0.717) is 12.6 Å². The second-order valence-electron chi connectivity index (χ2n) is 6.19. The molecular weight excluding hydrogens is 316 g/mol. The molecule has 0 bridgehead atoms. The lowest BCUT2D eigenvalue weighted by Crippen LogP contribution is -2.34. The number of nitrogens with two attached hydrogens (primary N) is 1. The van der Waals surface area contributed by atoms with E-state index in [1.807, 2.05) is 59.9 Å². The van der Waals surface area contributed by atoms with Crippen LogP contribution in [0.4, 0.5) is 0 Å². The van der Waals surface area contributed by atoms with Crippen LogP contribution in [-0.2, 0) is 20.7 Å². The molecular formula is C18H25N6O+. The number of rotatable bonds is 5. The summed E-state index contributed by atoms with van der Waals surface area (Å²) in [4.78, 5) is 2.05. The van der Waals surface area contributed by atoms with Crippen LogP contribution < -0.4 is 15.0 Å². The highest BCUT2D eigenvalue weighted by molar-refractivity contribution is 5.82. The Labute approximate surface area is 148 Å². The fourth-order valence-corrected chi connectivity index (χ4v) is 2.79. The van der Waals surface area contributed by atoms with Crippen molar-refractivity contribution < 1.29 is 9.30 Å². The van der Waals surface area contributed by atoms with E-state index in [9.17, 15) is 0 Å². The van der Waals surface area contributed by atoms with Crippen LogP contribution in [0.15, 0.2) is 46.9 Å². The maximum absolute atomic E-state index is 5.92. The van der Waals surface area contributed by atoms with E-state index in [2.05, 4.69) is 15.1 Å². The molecule has 132 valence electrons. The Bertz CT molecular complexity index is 737. The van der Waals surface area contributed by atoms with E-state index in [4.69, 9.17) is 10.5 Å². The Kier molecular flexibility index (Phi) is 5.33. The normalized spacial score (nSPS) is 15.3. The van der Waals surface area contributed by atoms with Crippen LogP contribution in [0, 0.1) is 0 Å². The van der Waals surface area contributed by atoms with Crippen molar-refractivity contribution >= 4 is 12.2 Å². The van der Waals surface area contributed by atoms with E-state index in [0.717, 1.165) is 30.2 Å². The topological polar surface area (TPSA) is 72.0 Å². The highest BCUT2D eigenvalue weighted by atomic mass is 16.5. The van der Waals surface area contributed by atoms with Crippen LogP contribution in [0.25, 0.3) is 0 Å². The summed E-state index contributed by atoms with van der Waals surface area (Å²) in [6, 6.07) is 7.76. The maximum atomic E-state index is 5.92. The van der Waals surface area contributed by atoms with Gasteiger partial charge in [-0.25, -0.2) is 9.13 Å². The van der Waals surface area contributed by atoms with Gasteiger partial charge in [-0.15, -0.1) is 5.10 Å². The predicted molar refractivity (Wildman–Crippen MR) is 97.4 cm³/mol. The Morgan fingerprint density at radius 3 is 2.64 bits per heavy atom. The van der Waals surface area contributed by atoms with Gasteiger partial charge in [-0.3, -0.25) is 0 Å². The first-order valence-electron chi connectivity index (χ1n) is 8.47. The van der Waals surface area contributed by atoms with Gasteiger partial charge in [-0.2, -0.15) is 5.10 Å². The molecule has 1 saturated heterocycles. The number of nitrogens with zero attached hydrogens (tertiary/aromatic N) is 5. The molecule has 2 aromatic rings. The predicted octanol–water partition coefficient (Wildman–Crippen LogP) is 1.17. The largest absolute Gasteiger partial charge is 0.481 e. The van der Waals surface area contributed by atoms with Gasteiger partial charge in [0.1, 0.15) is 18.1 Å². The summed E-state index contributed by atoms with van der Waals surface area (Å²) in [5, 5.41) is 8.14. The van der Waals surface area contributed by atoms with Gasteiger partial charge in [0.05, 0.1) is 20.3 Å². The Morgan fingerprint density at radius 1 is 1.28 bits per heavy atom. The lowest BCUT2D eigenvalue weighted by molar-refractivity contribution is -0.680. The van der Waals surface area contributed by atoms with Crippen molar-refractivity contribution in [3.05, 3.63) is 48.0 Å². The third kappa shape index (κ3) is 4.37. The molecule has 0 amide bonds. The summed E-state index contributed by atoms with van der Waals surface area (Å²) in [5.74, 6) is 2.40. The smallest absolute Gasteiger partial charge is 0.294 e. The van der Waals surface area contributed by atoms with E-state index in [1.54, 1.807) is 6.21 Å². The number of ether oxygens (including phenoxy) is 1. The standard InChI is InChI=1S/C18H25N6O/c1-22-11-12-23(2)17(22)14-25-16-7-5-15(6-8-16)13-20-21-18(19)24-9-3-4-10-24/h5-8,11-13H,3-4,9-10,14H2,1-2H3,(H2,19,21)/q+1/b20-13+. The molecule has 0 atom stereocenters. The number of likely N-dealkylation sites (tertiary alicyclic amines) is 1. The van der Waals surface area contributed by atoms with Crippen molar-refractivity contribution in [1.82, 2.24) is 9.47 Å². The molecule has 1 aliphatic rings. The molecule has 0 aliphatic carbocycles. The average Bonchev–Trinajstić information content (AvgIpc) is 3.25. The van der Waals surface area contributed by atoms with Crippen LogP contribution in [-0.4, -0.2) is 34.7 Å². The van der Waals surface area contributed by atoms with E-state index in [-0.39, 0.29) is 0 Å². The van der Waals surface area contributed by atoms with Crippen LogP contribution in [0.2, 0.25) is 0 Å². The Hall–Kier alpha value is -2.83. The van der Waals surface area contributed by atoms with Crippen molar-refractivity contribution in [1.29, 1.82) is 0 Å². The highest BCUT2D eigenvalue weighted by Crippen LogP contribution is 2.13. The summed E-state index contributed by atoms with van der Waals surface area (Å²) in [6.45, 7) is 2.45. The van der Waals surface area contributed by atoms with Crippen molar-refractivity contribution in [2.75, 3.05) is 13.1 Å². The van der Waals surface area contributed by atoms with Gasteiger partial charge in [-0.05, 0) is 42.7 Å². The van der Waals surface area contributed by atoms with E-state index < -0.39 is 0 Å². The molecule has 25 heavy (non-hydrogen) atoms. The Morgan fingerprint density at radius 2 is 2.00 bits per heavy atom. The quantitative estimate of drug-likeness (QED) is 0.384. The van der Waals surface area contributed by atoms with E-state index in [1.165, 1.54) is 12.8 Å². The lowest BCUT2D eigenvalue weighted by atomic mass is 10.2. The summed E-state index contributed by atoms with van der Waals surface area (Å²) in [6.07, 6.45) is 8.05. The maximum Gasteiger partial charge on any atom is 0.294 e. The molecule has 1 aromatic carbocycles. The number of imidazole rings is 1. The van der Waals surface area contributed by atoms with E-state index >= 15 is 0 Å². The number of aromatic nitrogens is 2. The fraction of sp³-hybridized carbons (Fsp3) is 0.389. The van der Waals surface area contributed by atoms with Crippen molar-refractivity contribution in [2.24, 2.45) is 30.0 Å². The number of guanidine groups is 1. The van der Waals surface area contributed by atoms with Crippen LogP contribution >= 0.6 is 0 Å². The molecule has 7 nitrogen and oxygen atoms in total. The zero-order valence-electron chi connectivity index (χ0n) is 14.8. The van der Waals surface area contributed by atoms with Crippen molar-refractivity contribution in [3.8, 4) is 5.75 Å². The third-order valence-corrected chi connectivity index (χ3v) is 4.37. The second kappa shape index (κ2) is 7.83. The monoisotopic (exact) mass is 341 g/mol. The number of benzene rings is 1. The number of aryl methyl sites for hydroxylation is 2. The molecule has 3 rings (SSSR count). The molecule has 0 unspecified atom stereocenters. The molecule has 7 heteroatoms. The van der Waals surface area contributed by atoms with Gasteiger partial charge in [0.15, 0.2) is 6.61 Å². The van der Waals surface area contributed by atoms with Crippen LogP contribution in [0.3, 0.4) is 0 Å². The van der Waals surface area contributed by atoms with Gasteiger partial charge >= 0.3 is 0 Å². The first-order chi connectivity index (χ1) is 12.1. The summed E-state index contributed by atoms with van der Waals surface area (Å²) < 4.78 is 9.93. The summed E-state index contributed by atoms with van der Waals surface area (Å²) >= 11 is 0. The first kappa shape index (κ1) is 17.0. The molecule has 1 aromatic heterocycles. The minimum atomic E-state index is 0.490. The molecule has 0 radical (unpaired) electrons. The lowest BCUT2D eigenvalue weighted by Gasteiger charge is -2.13. The van der Waals surface area contributed by atoms with Gasteiger partial charge in [0.2, 0.25) is 5.96 Å². The van der Waals surface area contributed by atoms with Gasteiger partial charge < -0.3 is 15.4 Å². The molecule has 0 spiro atoms. The van der Waals surface area contributed by atoms with Gasteiger partial charge in [0.25, 0.3) is 5.82 Å². The minimum absolute atomic E-state index is 0.490. The minimum Gasteiger partial charge on any atom is -0.481 e. The van der Waals surface area contributed by atoms with Crippen molar-refractivity contribution in [3.63, 3.8) is 0 Å². The highest BCUT2D eigenvalue weighted by Gasteiger charge is 2.13. The second-order valence-corrected chi connectivity index (χ2v) is 6.19. The molecule has 2 N–H and O–H groups in total.